The molecule has 6 heteroatoms. The van der Waals surface area contributed by atoms with E-state index in [9.17, 15) is 0 Å². The van der Waals surface area contributed by atoms with Crippen LogP contribution in [0.3, 0.4) is 0 Å². The Morgan fingerprint density at radius 1 is 0.857 bits per heavy atom. The molecule has 21 heavy (non-hydrogen) atoms. The van der Waals surface area contributed by atoms with Gasteiger partial charge in [-0.1, -0.05) is 0 Å². The normalized spacial score (nSPS) is 12.3. The van der Waals surface area contributed by atoms with Gasteiger partial charge in [-0.05, 0) is 59.1 Å². The van der Waals surface area contributed by atoms with E-state index in [0.29, 0.717) is 5.82 Å². The van der Waals surface area contributed by atoms with Gasteiger partial charge in [0.2, 0.25) is 0 Å². The number of hydrogen-bond donors (Lipinski definition) is 2. The summed E-state index contributed by atoms with van der Waals surface area (Å²) >= 11 is 3.42. The first-order valence-corrected chi connectivity index (χ1v) is 7.38. The second kappa shape index (κ2) is 4.39. The van der Waals surface area contributed by atoms with E-state index in [1.54, 1.807) is 6.20 Å². The third-order valence-electron chi connectivity index (χ3n) is 3.62. The Labute approximate surface area is 130 Å². The first-order chi connectivity index (χ1) is 10.1. The van der Waals surface area contributed by atoms with E-state index >= 15 is 0 Å². The van der Waals surface area contributed by atoms with Crippen LogP contribution in [0.4, 0.5) is 23.1 Å². The third-order valence-corrected chi connectivity index (χ3v) is 4.06. The number of pyridine rings is 1. The van der Waals surface area contributed by atoms with E-state index < -0.39 is 0 Å². The van der Waals surface area contributed by atoms with Gasteiger partial charge in [-0.2, -0.15) is 0 Å². The summed E-state index contributed by atoms with van der Waals surface area (Å²) in [5.74, 6) is 2.18. The summed E-state index contributed by atoms with van der Waals surface area (Å²) in [4.78, 5) is 13.7. The first kappa shape index (κ1) is 12.5. The number of anilines is 4. The third kappa shape index (κ3) is 2.03. The molecule has 0 spiro atoms. The number of hydrogen-bond acceptors (Lipinski definition) is 5. The molecule has 1 aliphatic heterocycles. The number of aryl methyl sites for hydroxylation is 2. The van der Waals surface area contributed by atoms with Gasteiger partial charge in [0.25, 0.3) is 0 Å². The standard InChI is InChI=1S/C15H12BrN5/c1-7-3-10-11(4-8(7)2)19-15-14(18-10)20-12-5-9(16)6-17-13(12)21-15/h3-6H,1-2H3,(H,18,20)(H,17,19,21). The Kier molecular flexibility index (Phi) is 2.62. The number of nitrogens with one attached hydrogen (secondary N) is 2. The van der Waals surface area contributed by atoms with E-state index in [2.05, 4.69) is 67.5 Å². The smallest absolute Gasteiger partial charge is 0.175 e. The highest BCUT2D eigenvalue weighted by Crippen LogP contribution is 2.37. The van der Waals surface area contributed by atoms with Crippen molar-refractivity contribution in [3.8, 4) is 0 Å². The van der Waals surface area contributed by atoms with Crippen LogP contribution in [-0.2, 0) is 0 Å². The van der Waals surface area contributed by atoms with E-state index in [-0.39, 0.29) is 0 Å². The minimum absolute atomic E-state index is 0.702. The van der Waals surface area contributed by atoms with Gasteiger partial charge in [-0.25, -0.2) is 15.0 Å². The average Bonchev–Trinajstić information content (AvgIpc) is 2.45. The lowest BCUT2D eigenvalue weighted by atomic mass is 10.1. The molecule has 1 aliphatic rings. The van der Waals surface area contributed by atoms with Crippen LogP contribution >= 0.6 is 15.9 Å². The fraction of sp³-hybridized carbons (Fsp3) is 0.133. The van der Waals surface area contributed by atoms with Gasteiger partial charge in [0.1, 0.15) is 0 Å². The summed E-state index contributed by atoms with van der Waals surface area (Å²) in [6, 6.07) is 6.09. The minimum atomic E-state index is 0.702. The predicted octanol–water partition coefficient (Wildman–Crippen LogP) is 4.20. The Morgan fingerprint density at radius 3 is 2.14 bits per heavy atom. The molecule has 0 saturated carbocycles. The number of aromatic nitrogens is 3. The van der Waals surface area contributed by atoms with Crippen LogP contribution in [0.1, 0.15) is 11.1 Å². The molecule has 3 aromatic rings. The Hall–Kier alpha value is -2.21. The summed E-state index contributed by atoms with van der Waals surface area (Å²) in [5.41, 5.74) is 5.08. The van der Waals surface area contributed by atoms with Gasteiger partial charge in [0.15, 0.2) is 17.5 Å². The van der Waals surface area contributed by atoms with Crippen LogP contribution in [0, 0.1) is 13.8 Å². The largest absolute Gasteiger partial charge is 0.334 e. The van der Waals surface area contributed by atoms with Gasteiger partial charge >= 0.3 is 0 Å². The minimum Gasteiger partial charge on any atom is -0.334 e. The fourth-order valence-corrected chi connectivity index (χ4v) is 2.69. The summed E-state index contributed by atoms with van der Waals surface area (Å²) in [6.07, 6.45) is 1.75. The highest BCUT2D eigenvalue weighted by Gasteiger charge is 2.19. The molecular formula is C15H12BrN5. The van der Waals surface area contributed by atoms with Crippen molar-refractivity contribution in [2.24, 2.45) is 0 Å². The highest BCUT2D eigenvalue weighted by molar-refractivity contribution is 9.10. The number of fused-ring (bicyclic) bond motifs is 3. The molecule has 0 unspecified atom stereocenters. The van der Waals surface area contributed by atoms with Crippen molar-refractivity contribution < 1.29 is 0 Å². The lowest BCUT2D eigenvalue weighted by Crippen LogP contribution is -2.11. The van der Waals surface area contributed by atoms with Crippen molar-refractivity contribution in [2.45, 2.75) is 13.8 Å². The zero-order valence-corrected chi connectivity index (χ0v) is 13.1. The summed E-state index contributed by atoms with van der Waals surface area (Å²) in [7, 11) is 0. The molecular weight excluding hydrogens is 330 g/mol. The lowest BCUT2D eigenvalue weighted by Gasteiger charge is -2.20. The van der Waals surface area contributed by atoms with Gasteiger partial charge in [0.05, 0.1) is 16.7 Å². The zero-order valence-electron chi connectivity index (χ0n) is 11.5. The molecule has 0 saturated heterocycles. The number of benzene rings is 1. The van der Waals surface area contributed by atoms with Crippen molar-refractivity contribution in [2.75, 3.05) is 10.6 Å². The van der Waals surface area contributed by atoms with Crippen molar-refractivity contribution >= 4 is 50.1 Å². The topological polar surface area (TPSA) is 62.7 Å². The Morgan fingerprint density at radius 2 is 1.48 bits per heavy atom. The van der Waals surface area contributed by atoms with Crippen LogP contribution in [0.25, 0.3) is 11.0 Å². The van der Waals surface area contributed by atoms with Crippen LogP contribution in [0.5, 0.6) is 0 Å². The molecule has 0 radical (unpaired) electrons. The van der Waals surface area contributed by atoms with E-state index in [0.717, 1.165) is 32.8 Å². The molecule has 3 heterocycles. The summed E-state index contributed by atoms with van der Waals surface area (Å²) in [6.45, 7) is 4.16. The van der Waals surface area contributed by atoms with Crippen molar-refractivity contribution in [1.82, 2.24) is 15.0 Å². The summed E-state index contributed by atoms with van der Waals surface area (Å²) < 4.78 is 0.916. The number of rotatable bonds is 0. The number of halogens is 1. The quantitative estimate of drug-likeness (QED) is 0.501. The fourth-order valence-electron chi connectivity index (χ4n) is 2.36. The first-order valence-electron chi connectivity index (χ1n) is 6.59. The molecule has 0 aliphatic carbocycles. The highest BCUT2D eigenvalue weighted by atomic mass is 79.9. The van der Waals surface area contributed by atoms with Crippen molar-refractivity contribution in [3.63, 3.8) is 0 Å². The maximum absolute atomic E-state index is 4.67. The van der Waals surface area contributed by atoms with Crippen LogP contribution in [0.2, 0.25) is 0 Å². The molecule has 2 aromatic heterocycles. The van der Waals surface area contributed by atoms with Gasteiger partial charge in [-0.3, -0.25) is 0 Å². The molecule has 0 amide bonds. The maximum atomic E-state index is 4.67. The number of nitrogens with zero attached hydrogens (tertiary/aromatic N) is 3. The molecule has 1 aromatic carbocycles. The van der Waals surface area contributed by atoms with Crippen LogP contribution in [0.15, 0.2) is 28.9 Å². The molecule has 0 bridgehead atoms. The van der Waals surface area contributed by atoms with Crippen LogP contribution in [-0.4, -0.2) is 15.0 Å². The van der Waals surface area contributed by atoms with Gasteiger partial charge < -0.3 is 10.6 Å². The molecule has 0 fully saturated rings. The molecule has 5 nitrogen and oxygen atoms in total. The van der Waals surface area contributed by atoms with Gasteiger partial charge in [0, 0.05) is 10.7 Å². The van der Waals surface area contributed by atoms with Crippen molar-refractivity contribution in [1.29, 1.82) is 0 Å². The Bertz CT molecular complexity index is 891. The van der Waals surface area contributed by atoms with Crippen LogP contribution < -0.4 is 10.6 Å². The maximum Gasteiger partial charge on any atom is 0.175 e. The molecule has 0 atom stereocenters. The van der Waals surface area contributed by atoms with E-state index in [1.807, 2.05) is 6.07 Å². The lowest BCUT2D eigenvalue weighted by molar-refractivity contribution is 1.19. The SMILES string of the molecule is Cc1cc2nc3c(nc2cc1C)Nc1ncc(Br)cc1N3. The monoisotopic (exact) mass is 341 g/mol. The van der Waals surface area contributed by atoms with E-state index in [4.69, 9.17) is 0 Å². The van der Waals surface area contributed by atoms with E-state index in [1.165, 1.54) is 11.1 Å². The predicted molar refractivity (Wildman–Crippen MR) is 87.5 cm³/mol. The van der Waals surface area contributed by atoms with Gasteiger partial charge in [-0.15, -0.1) is 0 Å². The molecule has 104 valence electrons. The second-order valence-corrected chi connectivity index (χ2v) is 6.06. The average molecular weight is 342 g/mol. The molecule has 4 rings (SSSR count). The van der Waals surface area contributed by atoms with Crippen molar-refractivity contribution in [3.05, 3.63) is 40.0 Å². The second-order valence-electron chi connectivity index (χ2n) is 5.15. The molecule has 2 N–H and O–H groups in total. The zero-order chi connectivity index (χ0) is 14.6. The Balaban J connectivity index is 1.89. The summed E-state index contributed by atoms with van der Waals surface area (Å²) in [5, 5.41) is 6.50.